The molecule has 0 spiro atoms. The zero-order chi connectivity index (χ0) is 12.7. The van der Waals surface area contributed by atoms with Gasteiger partial charge < -0.3 is 21.2 Å². The van der Waals surface area contributed by atoms with Gasteiger partial charge in [0.1, 0.15) is 5.84 Å². The SMILES string of the molecule is CC(CNCC(C)/C(N)=N/O)CN1CCCC1. The lowest BCUT2D eigenvalue weighted by molar-refractivity contribution is 0.281. The molecule has 1 rings (SSSR count). The second kappa shape index (κ2) is 7.50. The van der Waals surface area contributed by atoms with Gasteiger partial charge in [0, 0.05) is 19.0 Å². The molecular weight excluding hydrogens is 216 g/mol. The maximum absolute atomic E-state index is 8.53. The molecule has 1 fully saturated rings. The third kappa shape index (κ3) is 5.37. The molecule has 4 N–H and O–H groups in total. The van der Waals surface area contributed by atoms with Gasteiger partial charge in [-0.25, -0.2) is 0 Å². The highest BCUT2D eigenvalue weighted by molar-refractivity contribution is 5.82. The highest BCUT2D eigenvalue weighted by Crippen LogP contribution is 2.09. The zero-order valence-electron chi connectivity index (χ0n) is 11.0. The number of nitrogens with one attached hydrogen (secondary N) is 1. The number of rotatable bonds is 7. The monoisotopic (exact) mass is 242 g/mol. The van der Waals surface area contributed by atoms with E-state index < -0.39 is 0 Å². The fraction of sp³-hybridized carbons (Fsp3) is 0.917. The molecule has 17 heavy (non-hydrogen) atoms. The first-order chi connectivity index (χ1) is 8.13. The average Bonchev–Trinajstić information content (AvgIpc) is 2.80. The van der Waals surface area contributed by atoms with Crippen molar-refractivity contribution in [3.63, 3.8) is 0 Å². The maximum atomic E-state index is 8.53. The van der Waals surface area contributed by atoms with E-state index >= 15 is 0 Å². The van der Waals surface area contributed by atoms with Crippen molar-refractivity contribution in [2.24, 2.45) is 22.7 Å². The normalized spacial score (nSPS) is 21.6. The molecule has 0 amide bonds. The van der Waals surface area contributed by atoms with Crippen LogP contribution in [0.25, 0.3) is 0 Å². The summed E-state index contributed by atoms with van der Waals surface area (Å²) in [5.74, 6) is 1.02. The van der Waals surface area contributed by atoms with E-state index in [0.29, 0.717) is 11.8 Å². The summed E-state index contributed by atoms with van der Waals surface area (Å²) >= 11 is 0. The number of nitrogens with two attached hydrogens (primary N) is 1. The third-order valence-electron chi connectivity index (χ3n) is 3.33. The van der Waals surface area contributed by atoms with Crippen LogP contribution in [0.2, 0.25) is 0 Å². The number of hydrogen-bond donors (Lipinski definition) is 3. The van der Waals surface area contributed by atoms with Crippen LogP contribution in [0.5, 0.6) is 0 Å². The Labute approximate surface area is 104 Å². The Bertz CT molecular complexity index is 239. The summed E-state index contributed by atoms with van der Waals surface area (Å²) in [6.45, 7) is 9.65. The van der Waals surface area contributed by atoms with Crippen LogP contribution in [0.4, 0.5) is 0 Å². The van der Waals surface area contributed by atoms with Gasteiger partial charge in [0.2, 0.25) is 0 Å². The Balaban J connectivity index is 2.09. The lowest BCUT2D eigenvalue weighted by Gasteiger charge is -2.21. The van der Waals surface area contributed by atoms with Gasteiger partial charge in [-0.1, -0.05) is 19.0 Å². The number of amidine groups is 1. The van der Waals surface area contributed by atoms with Gasteiger partial charge in [-0.3, -0.25) is 0 Å². The fourth-order valence-electron chi connectivity index (χ4n) is 2.22. The molecule has 0 aliphatic carbocycles. The van der Waals surface area contributed by atoms with Gasteiger partial charge in [-0.05, 0) is 38.4 Å². The number of hydrogen-bond acceptors (Lipinski definition) is 4. The highest BCUT2D eigenvalue weighted by atomic mass is 16.4. The topological polar surface area (TPSA) is 73.9 Å². The predicted octanol–water partition coefficient (Wildman–Crippen LogP) is 0.690. The van der Waals surface area contributed by atoms with Crippen LogP contribution >= 0.6 is 0 Å². The third-order valence-corrected chi connectivity index (χ3v) is 3.33. The molecule has 5 heteroatoms. The molecule has 0 bridgehead atoms. The lowest BCUT2D eigenvalue weighted by Crippen LogP contribution is -2.36. The molecule has 1 heterocycles. The second-order valence-electron chi connectivity index (χ2n) is 5.20. The first-order valence-electron chi connectivity index (χ1n) is 6.54. The minimum Gasteiger partial charge on any atom is -0.409 e. The molecule has 0 radical (unpaired) electrons. The Morgan fingerprint density at radius 1 is 1.35 bits per heavy atom. The first-order valence-corrected chi connectivity index (χ1v) is 6.54. The molecule has 1 aliphatic heterocycles. The average molecular weight is 242 g/mol. The van der Waals surface area contributed by atoms with Crippen molar-refractivity contribution < 1.29 is 5.21 Å². The fourth-order valence-corrected chi connectivity index (χ4v) is 2.22. The summed E-state index contributed by atoms with van der Waals surface area (Å²) in [5, 5.41) is 14.9. The largest absolute Gasteiger partial charge is 0.409 e. The molecule has 1 saturated heterocycles. The molecule has 0 aromatic heterocycles. The summed E-state index contributed by atoms with van der Waals surface area (Å²) < 4.78 is 0. The molecule has 2 unspecified atom stereocenters. The molecule has 100 valence electrons. The highest BCUT2D eigenvalue weighted by Gasteiger charge is 2.14. The van der Waals surface area contributed by atoms with E-state index in [4.69, 9.17) is 10.9 Å². The summed E-state index contributed by atoms with van der Waals surface area (Å²) in [5.41, 5.74) is 5.52. The molecule has 0 aromatic carbocycles. The smallest absolute Gasteiger partial charge is 0.143 e. The van der Waals surface area contributed by atoms with Crippen LogP contribution in [0.1, 0.15) is 26.7 Å². The Morgan fingerprint density at radius 3 is 2.59 bits per heavy atom. The summed E-state index contributed by atoms with van der Waals surface area (Å²) in [7, 11) is 0. The van der Waals surface area contributed by atoms with Crippen LogP contribution in [0.15, 0.2) is 5.16 Å². The van der Waals surface area contributed by atoms with Crippen LogP contribution in [0, 0.1) is 11.8 Å². The number of oxime groups is 1. The van der Waals surface area contributed by atoms with Gasteiger partial charge in [0.25, 0.3) is 0 Å². The molecule has 1 aliphatic rings. The van der Waals surface area contributed by atoms with E-state index in [2.05, 4.69) is 22.3 Å². The molecule has 2 atom stereocenters. The van der Waals surface area contributed by atoms with Crippen LogP contribution in [-0.2, 0) is 0 Å². The van der Waals surface area contributed by atoms with Crippen molar-refractivity contribution in [3.05, 3.63) is 0 Å². The lowest BCUT2D eigenvalue weighted by atomic mass is 10.1. The van der Waals surface area contributed by atoms with E-state index in [1.807, 2.05) is 6.92 Å². The molecule has 0 aromatic rings. The van der Waals surface area contributed by atoms with E-state index in [-0.39, 0.29) is 5.92 Å². The maximum Gasteiger partial charge on any atom is 0.143 e. The molecule has 5 nitrogen and oxygen atoms in total. The minimum atomic E-state index is 0.0824. The van der Waals surface area contributed by atoms with E-state index in [1.165, 1.54) is 32.5 Å². The van der Waals surface area contributed by atoms with Gasteiger partial charge >= 0.3 is 0 Å². The van der Waals surface area contributed by atoms with Crippen molar-refractivity contribution in [1.82, 2.24) is 10.2 Å². The van der Waals surface area contributed by atoms with Gasteiger partial charge in [0.15, 0.2) is 0 Å². The Hall–Kier alpha value is -0.810. The van der Waals surface area contributed by atoms with E-state index in [1.54, 1.807) is 0 Å². The van der Waals surface area contributed by atoms with Crippen molar-refractivity contribution in [1.29, 1.82) is 0 Å². The molecular formula is C12H26N4O. The minimum absolute atomic E-state index is 0.0824. The molecule has 0 saturated carbocycles. The zero-order valence-corrected chi connectivity index (χ0v) is 11.0. The first kappa shape index (κ1) is 14.3. The predicted molar refractivity (Wildman–Crippen MR) is 70.3 cm³/mol. The van der Waals surface area contributed by atoms with Gasteiger partial charge in [-0.2, -0.15) is 0 Å². The van der Waals surface area contributed by atoms with Crippen LogP contribution in [-0.4, -0.2) is 48.7 Å². The number of nitrogens with zero attached hydrogens (tertiary/aromatic N) is 2. The van der Waals surface area contributed by atoms with E-state index in [0.717, 1.165) is 13.1 Å². The summed E-state index contributed by atoms with van der Waals surface area (Å²) in [6, 6.07) is 0. The van der Waals surface area contributed by atoms with Gasteiger partial charge in [-0.15, -0.1) is 0 Å². The second-order valence-corrected chi connectivity index (χ2v) is 5.20. The van der Waals surface area contributed by atoms with Crippen molar-refractivity contribution in [2.45, 2.75) is 26.7 Å². The van der Waals surface area contributed by atoms with Crippen LogP contribution < -0.4 is 11.1 Å². The quantitative estimate of drug-likeness (QED) is 0.266. The van der Waals surface area contributed by atoms with Crippen LogP contribution in [0.3, 0.4) is 0 Å². The van der Waals surface area contributed by atoms with Crippen molar-refractivity contribution in [3.8, 4) is 0 Å². The Kier molecular flexibility index (Phi) is 6.29. The number of likely N-dealkylation sites (tertiary alicyclic amines) is 1. The standard InChI is InChI=1S/C12H26N4O/c1-10(9-16-5-3-4-6-16)7-14-8-11(2)12(13)15-17/h10-11,14,17H,3-9H2,1-2H3,(H2,13,15). The Morgan fingerprint density at radius 2 is 2.00 bits per heavy atom. The summed E-state index contributed by atoms with van der Waals surface area (Å²) in [4.78, 5) is 2.53. The summed E-state index contributed by atoms with van der Waals surface area (Å²) in [6.07, 6.45) is 2.70. The van der Waals surface area contributed by atoms with Crippen molar-refractivity contribution >= 4 is 5.84 Å². The van der Waals surface area contributed by atoms with Gasteiger partial charge in [0.05, 0.1) is 0 Å². The van der Waals surface area contributed by atoms with Crippen molar-refractivity contribution in [2.75, 3.05) is 32.7 Å². The van der Waals surface area contributed by atoms with E-state index in [9.17, 15) is 0 Å².